The highest BCUT2D eigenvalue weighted by Crippen LogP contribution is 2.17. The van der Waals surface area contributed by atoms with E-state index in [-0.39, 0.29) is 6.04 Å². The minimum absolute atomic E-state index is 0.0847. The van der Waals surface area contributed by atoms with Crippen LogP contribution in [0.3, 0.4) is 0 Å². The van der Waals surface area contributed by atoms with E-state index in [0.29, 0.717) is 0 Å². The molecule has 2 atom stereocenters. The molecule has 0 heterocycles. The monoisotopic (exact) mass is 221 g/mol. The Balaban J connectivity index is 2.63. The molecule has 0 saturated heterocycles. The Morgan fingerprint density at radius 2 is 1.88 bits per heavy atom. The van der Waals surface area contributed by atoms with Gasteiger partial charge in [-0.05, 0) is 37.9 Å². The van der Waals surface area contributed by atoms with Crippen molar-refractivity contribution in [1.29, 1.82) is 0 Å². The highest BCUT2D eigenvalue weighted by atomic mass is 16.3. The maximum absolute atomic E-state index is 9.99. The van der Waals surface area contributed by atoms with Crippen molar-refractivity contribution in [3.8, 4) is 0 Å². The molecular formula is C14H23NO. The molecule has 0 fully saturated rings. The molecule has 1 aromatic rings. The number of rotatable bonds is 6. The maximum Gasteiger partial charge on any atom is 0.0940 e. The van der Waals surface area contributed by atoms with E-state index in [4.69, 9.17) is 0 Å². The van der Waals surface area contributed by atoms with Gasteiger partial charge < -0.3 is 10.4 Å². The van der Waals surface area contributed by atoms with E-state index in [1.807, 2.05) is 26.1 Å². The average molecular weight is 221 g/mol. The molecule has 0 bridgehead atoms. The number of hydrogen-bond acceptors (Lipinski definition) is 2. The van der Waals surface area contributed by atoms with Gasteiger partial charge in [-0.25, -0.2) is 0 Å². The van der Waals surface area contributed by atoms with Crippen LogP contribution in [0.5, 0.6) is 0 Å². The van der Waals surface area contributed by atoms with Gasteiger partial charge in [0.05, 0.1) is 6.10 Å². The topological polar surface area (TPSA) is 32.3 Å². The predicted molar refractivity (Wildman–Crippen MR) is 68.5 cm³/mol. The Labute approximate surface area is 98.7 Å². The fourth-order valence-corrected chi connectivity index (χ4v) is 1.71. The summed E-state index contributed by atoms with van der Waals surface area (Å²) in [4.78, 5) is 0. The fraction of sp³-hybridized carbons (Fsp3) is 0.571. The third-order valence-corrected chi connectivity index (χ3v) is 3.07. The van der Waals surface area contributed by atoms with Crippen molar-refractivity contribution in [3.63, 3.8) is 0 Å². The van der Waals surface area contributed by atoms with Crippen LogP contribution in [0.15, 0.2) is 24.3 Å². The second kappa shape index (κ2) is 6.66. The third kappa shape index (κ3) is 3.62. The highest BCUT2D eigenvalue weighted by molar-refractivity contribution is 5.25. The fourth-order valence-electron chi connectivity index (χ4n) is 1.71. The van der Waals surface area contributed by atoms with Crippen LogP contribution in [0.4, 0.5) is 0 Å². The molecule has 0 aliphatic rings. The lowest BCUT2D eigenvalue weighted by molar-refractivity contribution is 0.140. The second-order valence-corrected chi connectivity index (χ2v) is 4.37. The molecule has 0 spiro atoms. The Morgan fingerprint density at radius 3 is 2.38 bits per heavy atom. The molecule has 16 heavy (non-hydrogen) atoms. The number of aliphatic hydroxyl groups excluding tert-OH is 1. The molecule has 1 rings (SSSR count). The van der Waals surface area contributed by atoms with Crippen LogP contribution in [0.2, 0.25) is 0 Å². The van der Waals surface area contributed by atoms with Crippen molar-refractivity contribution in [2.75, 3.05) is 7.05 Å². The molecular weight excluding hydrogens is 198 g/mol. The van der Waals surface area contributed by atoms with Crippen molar-refractivity contribution < 1.29 is 5.11 Å². The third-order valence-electron chi connectivity index (χ3n) is 3.07. The molecule has 0 aromatic heterocycles. The van der Waals surface area contributed by atoms with Crippen molar-refractivity contribution in [3.05, 3.63) is 35.4 Å². The van der Waals surface area contributed by atoms with E-state index >= 15 is 0 Å². The summed E-state index contributed by atoms with van der Waals surface area (Å²) in [6.45, 7) is 4.18. The summed E-state index contributed by atoms with van der Waals surface area (Å²) in [5.74, 6) is 0. The minimum Gasteiger partial charge on any atom is -0.387 e. The highest BCUT2D eigenvalue weighted by Gasteiger charge is 2.13. The minimum atomic E-state index is -0.426. The zero-order chi connectivity index (χ0) is 12.0. The molecule has 2 unspecified atom stereocenters. The summed E-state index contributed by atoms with van der Waals surface area (Å²) in [6, 6.07) is 8.39. The summed E-state index contributed by atoms with van der Waals surface area (Å²) in [5, 5.41) is 13.1. The first kappa shape index (κ1) is 13.2. The molecule has 0 aliphatic heterocycles. The van der Waals surface area contributed by atoms with E-state index in [0.717, 1.165) is 12.0 Å². The number of aryl methyl sites for hydroxylation is 1. The lowest BCUT2D eigenvalue weighted by Gasteiger charge is -2.18. The summed E-state index contributed by atoms with van der Waals surface area (Å²) in [6.07, 6.45) is 3.16. The lowest BCUT2D eigenvalue weighted by Crippen LogP contribution is -2.28. The Hall–Kier alpha value is -0.860. The number of hydrogen-bond donors (Lipinski definition) is 2. The van der Waals surface area contributed by atoms with Gasteiger partial charge >= 0.3 is 0 Å². The smallest absolute Gasteiger partial charge is 0.0940 e. The second-order valence-electron chi connectivity index (χ2n) is 4.37. The Morgan fingerprint density at radius 1 is 1.25 bits per heavy atom. The molecule has 2 heteroatoms. The first-order chi connectivity index (χ1) is 7.69. The van der Waals surface area contributed by atoms with Gasteiger partial charge in [0.25, 0.3) is 0 Å². The zero-order valence-electron chi connectivity index (χ0n) is 10.5. The van der Waals surface area contributed by atoms with Crippen LogP contribution in [0.1, 0.15) is 43.9 Å². The van der Waals surface area contributed by atoms with Crippen molar-refractivity contribution in [2.24, 2.45) is 0 Å². The Kier molecular flexibility index (Phi) is 5.50. The number of nitrogens with one attached hydrogen (secondary N) is 1. The normalized spacial score (nSPS) is 14.8. The van der Waals surface area contributed by atoms with E-state index in [1.165, 1.54) is 18.4 Å². The molecule has 0 saturated carbocycles. The quantitative estimate of drug-likeness (QED) is 0.774. The summed E-state index contributed by atoms with van der Waals surface area (Å²) in [7, 11) is 1.86. The average Bonchev–Trinajstić information content (AvgIpc) is 2.35. The van der Waals surface area contributed by atoms with Crippen LogP contribution in [0.25, 0.3) is 0 Å². The van der Waals surface area contributed by atoms with Crippen LogP contribution < -0.4 is 5.32 Å². The number of aliphatic hydroxyl groups is 1. The summed E-state index contributed by atoms with van der Waals surface area (Å²) in [5.41, 5.74) is 2.34. The van der Waals surface area contributed by atoms with E-state index < -0.39 is 6.10 Å². The lowest BCUT2D eigenvalue weighted by atomic mass is 10.0. The molecule has 0 aliphatic carbocycles. The molecule has 90 valence electrons. The molecule has 0 radical (unpaired) electrons. The largest absolute Gasteiger partial charge is 0.387 e. The summed E-state index contributed by atoms with van der Waals surface area (Å²) >= 11 is 0. The molecule has 1 aromatic carbocycles. The number of benzene rings is 1. The predicted octanol–water partition coefficient (Wildman–Crippen LogP) is 2.67. The van der Waals surface area contributed by atoms with Gasteiger partial charge in [0.15, 0.2) is 0 Å². The first-order valence-corrected chi connectivity index (χ1v) is 6.13. The van der Waals surface area contributed by atoms with Crippen LogP contribution in [-0.2, 0) is 6.42 Å². The van der Waals surface area contributed by atoms with Crippen LogP contribution in [0, 0.1) is 0 Å². The van der Waals surface area contributed by atoms with Gasteiger partial charge in [-0.3, -0.25) is 0 Å². The van der Waals surface area contributed by atoms with Gasteiger partial charge in [0, 0.05) is 6.04 Å². The molecule has 2 N–H and O–H groups in total. The van der Waals surface area contributed by atoms with Crippen LogP contribution >= 0.6 is 0 Å². The van der Waals surface area contributed by atoms with Gasteiger partial charge in [-0.15, -0.1) is 0 Å². The SMILES string of the molecule is CCCCc1ccc(C(O)C(C)NC)cc1. The van der Waals surface area contributed by atoms with Crippen LogP contribution in [-0.4, -0.2) is 18.2 Å². The number of likely N-dealkylation sites (N-methyl/N-ethyl adjacent to an activating group) is 1. The summed E-state index contributed by atoms with van der Waals surface area (Å²) < 4.78 is 0. The van der Waals surface area contributed by atoms with E-state index in [1.54, 1.807) is 0 Å². The standard InChI is InChI=1S/C14H23NO/c1-4-5-6-12-7-9-13(10-8-12)14(16)11(2)15-3/h7-11,14-16H,4-6H2,1-3H3. The molecule has 0 amide bonds. The molecule has 2 nitrogen and oxygen atoms in total. The van der Waals surface area contributed by atoms with Crippen molar-refractivity contribution in [2.45, 2.75) is 45.3 Å². The number of unbranched alkanes of at least 4 members (excludes halogenated alkanes) is 1. The van der Waals surface area contributed by atoms with Crippen molar-refractivity contribution in [1.82, 2.24) is 5.32 Å². The zero-order valence-corrected chi connectivity index (χ0v) is 10.5. The first-order valence-electron chi connectivity index (χ1n) is 6.13. The van der Waals surface area contributed by atoms with E-state index in [2.05, 4.69) is 24.4 Å². The van der Waals surface area contributed by atoms with E-state index in [9.17, 15) is 5.11 Å². The maximum atomic E-state index is 9.99. The Bertz CT molecular complexity index is 294. The van der Waals surface area contributed by atoms with Gasteiger partial charge in [0.1, 0.15) is 0 Å². The van der Waals surface area contributed by atoms with Crippen molar-refractivity contribution >= 4 is 0 Å². The van der Waals surface area contributed by atoms with Gasteiger partial charge in [-0.2, -0.15) is 0 Å². The van der Waals surface area contributed by atoms with Gasteiger partial charge in [0.2, 0.25) is 0 Å². The van der Waals surface area contributed by atoms with Gasteiger partial charge in [-0.1, -0.05) is 37.6 Å².